The van der Waals surface area contributed by atoms with Gasteiger partial charge in [0.2, 0.25) is 5.91 Å². The Labute approximate surface area is 111 Å². The van der Waals surface area contributed by atoms with Gasteiger partial charge in [0, 0.05) is 6.42 Å². The number of amides is 1. The number of hydrogen-bond acceptors (Lipinski definition) is 2. The average molecular weight is 263 g/mol. The number of imidazole rings is 1. The molecule has 2 rings (SSSR count). The van der Waals surface area contributed by atoms with Crippen LogP contribution in [0.4, 0.5) is 0 Å². The van der Waals surface area contributed by atoms with Gasteiger partial charge in [-0.2, -0.15) is 0 Å². The van der Waals surface area contributed by atoms with Gasteiger partial charge in [0.05, 0.1) is 16.6 Å². The highest BCUT2D eigenvalue weighted by atomic mass is 32.1. The molecule has 0 bridgehead atoms. The zero-order valence-corrected chi connectivity index (χ0v) is 11.6. The number of carbonyl (C=O) groups is 1. The summed E-state index contributed by atoms with van der Waals surface area (Å²) >= 11 is 5.35. The molecule has 96 valence electrons. The van der Waals surface area contributed by atoms with E-state index in [1.54, 1.807) is 0 Å². The lowest BCUT2D eigenvalue weighted by Crippen LogP contribution is -2.32. The van der Waals surface area contributed by atoms with E-state index in [0.29, 0.717) is 4.77 Å². The van der Waals surface area contributed by atoms with Gasteiger partial charge in [-0.25, -0.2) is 0 Å². The van der Waals surface area contributed by atoms with Gasteiger partial charge < -0.3 is 15.3 Å². The summed E-state index contributed by atoms with van der Waals surface area (Å²) in [5.74, 6) is -0.330. The first-order valence-electron chi connectivity index (χ1n) is 5.81. The number of aryl methyl sites for hydroxylation is 1. The number of primary amides is 1. The van der Waals surface area contributed by atoms with Crippen LogP contribution >= 0.6 is 12.2 Å². The summed E-state index contributed by atoms with van der Waals surface area (Å²) in [7, 11) is 0. The van der Waals surface area contributed by atoms with Crippen molar-refractivity contribution in [3.8, 4) is 0 Å². The molecule has 1 heterocycles. The highest BCUT2D eigenvalue weighted by Crippen LogP contribution is 2.26. The van der Waals surface area contributed by atoms with Crippen LogP contribution in [0.2, 0.25) is 0 Å². The van der Waals surface area contributed by atoms with Crippen molar-refractivity contribution < 1.29 is 4.79 Å². The van der Waals surface area contributed by atoms with Crippen molar-refractivity contribution in [2.45, 2.75) is 32.7 Å². The van der Waals surface area contributed by atoms with Crippen LogP contribution in [0.15, 0.2) is 18.2 Å². The van der Waals surface area contributed by atoms with Crippen LogP contribution < -0.4 is 5.73 Å². The van der Waals surface area contributed by atoms with E-state index in [-0.39, 0.29) is 12.3 Å². The summed E-state index contributed by atoms with van der Waals surface area (Å²) in [6, 6.07) is 6.09. The Kier molecular flexibility index (Phi) is 3.02. The zero-order valence-electron chi connectivity index (χ0n) is 10.8. The number of nitrogens with zero attached hydrogens (tertiary/aromatic N) is 1. The summed E-state index contributed by atoms with van der Waals surface area (Å²) in [5, 5.41) is 0. The van der Waals surface area contributed by atoms with Crippen LogP contribution in [0.3, 0.4) is 0 Å². The fraction of sp³-hybridized carbons (Fsp3) is 0.385. The lowest BCUT2D eigenvalue weighted by atomic mass is 9.99. The second-order valence-electron chi connectivity index (χ2n) is 5.24. The highest BCUT2D eigenvalue weighted by molar-refractivity contribution is 7.71. The Morgan fingerprint density at radius 2 is 2.17 bits per heavy atom. The molecule has 0 atom stereocenters. The lowest BCUT2D eigenvalue weighted by molar-refractivity contribution is -0.119. The summed E-state index contributed by atoms with van der Waals surface area (Å²) < 4.78 is 2.57. The van der Waals surface area contributed by atoms with Crippen molar-refractivity contribution in [2.24, 2.45) is 5.73 Å². The molecule has 1 aromatic carbocycles. The maximum atomic E-state index is 11.2. The summed E-state index contributed by atoms with van der Waals surface area (Å²) in [6.45, 7) is 5.95. The molecule has 0 radical (unpaired) electrons. The number of aromatic nitrogens is 2. The largest absolute Gasteiger partial charge is 0.370 e. The standard InChI is InChI=1S/C13H17N3OS/c1-8-4-5-10-9(6-8)15-12(18)16(10)13(2,3)7-11(14)17/h4-6H,7H2,1-3H3,(H2,14,17)(H,15,18). The van der Waals surface area contributed by atoms with Gasteiger partial charge in [-0.05, 0) is 50.7 Å². The van der Waals surface area contributed by atoms with Crippen LogP contribution in [0.5, 0.6) is 0 Å². The molecule has 0 aliphatic carbocycles. The molecule has 18 heavy (non-hydrogen) atoms. The fourth-order valence-corrected chi connectivity index (χ4v) is 2.79. The van der Waals surface area contributed by atoms with Crippen LogP contribution in [-0.4, -0.2) is 15.5 Å². The Bertz CT molecular complexity index is 666. The van der Waals surface area contributed by atoms with E-state index in [1.165, 1.54) is 5.56 Å². The second kappa shape index (κ2) is 4.24. The Hall–Kier alpha value is -1.62. The minimum absolute atomic E-state index is 0.252. The predicted octanol–water partition coefficient (Wildman–Crippen LogP) is 2.62. The fourth-order valence-electron chi connectivity index (χ4n) is 2.33. The van der Waals surface area contributed by atoms with Gasteiger partial charge in [0.1, 0.15) is 0 Å². The van der Waals surface area contributed by atoms with E-state index in [9.17, 15) is 4.79 Å². The molecule has 2 aromatic rings. The molecule has 4 nitrogen and oxygen atoms in total. The van der Waals surface area contributed by atoms with Crippen molar-refractivity contribution in [2.75, 3.05) is 0 Å². The Balaban J connectivity index is 2.67. The minimum atomic E-state index is -0.434. The van der Waals surface area contributed by atoms with Gasteiger partial charge in [-0.15, -0.1) is 0 Å². The maximum absolute atomic E-state index is 11.2. The van der Waals surface area contributed by atoms with Crippen LogP contribution in [-0.2, 0) is 10.3 Å². The average Bonchev–Trinajstić information content (AvgIpc) is 2.51. The molecule has 0 aliphatic heterocycles. The molecule has 0 unspecified atom stereocenters. The number of aromatic amines is 1. The maximum Gasteiger partial charge on any atom is 0.219 e. The van der Waals surface area contributed by atoms with Crippen molar-refractivity contribution in [3.05, 3.63) is 28.5 Å². The van der Waals surface area contributed by atoms with Crippen molar-refractivity contribution in [1.82, 2.24) is 9.55 Å². The number of H-pyrrole nitrogens is 1. The van der Waals surface area contributed by atoms with Gasteiger partial charge in [0.15, 0.2) is 4.77 Å². The molecular formula is C13H17N3OS. The molecule has 3 N–H and O–H groups in total. The molecule has 0 saturated carbocycles. The summed E-state index contributed by atoms with van der Waals surface area (Å²) in [6.07, 6.45) is 0.252. The Morgan fingerprint density at radius 3 is 2.78 bits per heavy atom. The van der Waals surface area contributed by atoms with Crippen LogP contribution in [0.1, 0.15) is 25.8 Å². The molecule has 1 amide bonds. The topological polar surface area (TPSA) is 63.8 Å². The van der Waals surface area contributed by atoms with E-state index in [4.69, 9.17) is 18.0 Å². The molecular weight excluding hydrogens is 246 g/mol. The third-order valence-corrected chi connectivity index (χ3v) is 3.33. The zero-order chi connectivity index (χ0) is 13.5. The normalized spacial score (nSPS) is 11.9. The van der Waals surface area contributed by atoms with Crippen LogP contribution in [0.25, 0.3) is 11.0 Å². The van der Waals surface area contributed by atoms with Crippen LogP contribution in [0, 0.1) is 11.7 Å². The third-order valence-electron chi connectivity index (χ3n) is 3.05. The highest BCUT2D eigenvalue weighted by Gasteiger charge is 2.25. The van der Waals surface area contributed by atoms with Gasteiger partial charge in [0.25, 0.3) is 0 Å². The summed E-state index contributed by atoms with van der Waals surface area (Å²) in [5.41, 5.74) is 8.02. The first-order chi connectivity index (χ1) is 8.31. The lowest BCUT2D eigenvalue weighted by Gasteiger charge is -2.26. The van der Waals surface area contributed by atoms with E-state index in [2.05, 4.69) is 4.98 Å². The first kappa shape index (κ1) is 12.8. The Morgan fingerprint density at radius 1 is 1.50 bits per heavy atom. The molecule has 5 heteroatoms. The van der Waals surface area contributed by atoms with Gasteiger partial charge in [-0.3, -0.25) is 4.79 Å². The number of nitrogens with one attached hydrogen (secondary N) is 1. The molecule has 0 aliphatic rings. The molecule has 1 aromatic heterocycles. The van der Waals surface area contributed by atoms with Crippen molar-refractivity contribution >= 4 is 29.2 Å². The predicted molar refractivity (Wildman–Crippen MR) is 75.0 cm³/mol. The molecule has 0 fully saturated rings. The second-order valence-corrected chi connectivity index (χ2v) is 5.63. The number of nitrogens with two attached hydrogens (primary N) is 1. The monoisotopic (exact) mass is 263 g/mol. The van der Waals surface area contributed by atoms with E-state index in [1.807, 2.05) is 43.5 Å². The smallest absolute Gasteiger partial charge is 0.219 e. The first-order valence-corrected chi connectivity index (χ1v) is 6.22. The van der Waals surface area contributed by atoms with E-state index >= 15 is 0 Å². The van der Waals surface area contributed by atoms with E-state index in [0.717, 1.165) is 11.0 Å². The van der Waals surface area contributed by atoms with Crippen molar-refractivity contribution in [1.29, 1.82) is 0 Å². The minimum Gasteiger partial charge on any atom is -0.370 e. The SMILES string of the molecule is Cc1ccc2c(c1)[nH]c(=S)n2C(C)(C)CC(N)=O. The number of rotatable bonds is 3. The molecule has 0 saturated heterocycles. The third kappa shape index (κ3) is 2.18. The summed E-state index contributed by atoms with van der Waals surface area (Å²) in [4.78, 5) is 14.3. The van der Waals surface area contributed by atoms with Gasteiger partial charge in [-0.1, -0.05) is 6.07 Å². The number of fused-ring (bicyclic) bond motifs is 1. The van der Waals surface area contributed by atoms with Gasteiger partial charge >= 0.3 is 0 Å². The molecule has 0 spiro atoms. The van der Waals surface area contributed by atoms with Crippen molar-refractivity contribution in [3.63, 3.8) is 0 Å². The number of carbonyl (C=O) groups excluding carboxylic acids is 1. The quantitative estimate of drug-likeness (QED) is 0.836. The number of hydrogen-bond donors (Lipinski definition) is 2. The van der Waals surface area contributed by atoms with E-state index < -0.39 is 5.54 Å². The number of benzene rings is 1.